The summed E-state index contributed by atoms with van der Waals surface area (Å²) in [6.07, 6.45) is 2.67. The van der Waals surface area contributed by atoms with E-state index in [-0.39, 0.29) is 24.0 Å². The lowest BCUT2D eigenvalue weighted by molar-refractivity contribution is 0.195. The molecule has 0 spiro atoms. The Balaban J connectivity index is 0.00000288. The molecule has 0 bridgehead atoms. The Labute approximate surface area is 160 Å². The smallest absolute Gasteiger partial charge is 0.214 e. The van der Waals surface area contributed by atoms with Gasteiger partial charge in [-0.05, 0) is 13.3 Å². The second kappa shape index (κ2) is 11.0. The van der Waals surface area contributed by atoms with Crippen molar-refractivity contribution < 1.29 is 9.15 Å². The molecule has 0 radical (unpaired) electrons. The molecule has 0 aliphatic rings. The Morgan fingerprint density at radius 3 is 2.67 bits per heavy atom. The molecule has 0 atom stereocenters. The van der Waals surface area contributed by atoms with Crippen molar-refractivity contribution in [2.24, 2.45) is 4.99 Å². The van der Waals surface area contributed by atoms with Crippen molar-refractivity contribution in [2.45, 2.75) is 19.9 Å². The van der Waals surface area contributed by atoms with E-state index in [4.69, 9.17) is 9.15 Å². The highest BCUT2D eigenvalue weighted by atomic mass is 127. The normalized spacial score (nSPS) is 11.0. The molecule has 0 aliphatic heterocycles. The molecule has 24 heavy (non-hydrogen) atoms. The van der Waals surface area contributed by atoms with Crippen LogP contribution in [0.1, 0.15) is 17.9 Å². The van der Waals surface area contributed by atoms with Crippen LogP contribution >= 0.6 is 24.0 Å². The van der Waals surface area contributed by atoms with E-state index in [1.807, 2.05) is 12.1 Å². The van der Waals surface area contributed by atoms with Crippen LogP contribution in [0.2, 0.25) is 0 Å². The van der Waals surface area contributed by atoms with Crippen LogP contribution in [0.4, 0.5) is 0 Å². The number of oxazole rings is 1. The lowest BCUT2D eigenvalue weighted by Gasteiger charge is -2.10. The molecule has 1 heterocycles. The molecular formula is C17H25IN4O2. The Bertz CT molecular complexity index is 626. The lowest BCUT2D eigenvalue weighted by Crippen LogP contribution is -2.37. The molecule has 6 nitrogen and oxygen atoms in total. The fraction of sp³-hybridized carbons (Fsp3) is 0.412. The zero-order chi connectivity index (χ0) is 16.5. The third kappa shape index (κ3) is 6.48. The van der Waals surface area contributed by atoms with Crippen LogP contribution < -0.4 is 10.6 Å². The second-order valence-electron chi connectivity index (χ2n) is 5.18. The zero-order valence-corrected chi connectivity index (χ0v) is 16.7. The number of ether oxygens (including phenoxy) is 1. The molecule has 2 N–H and O–H groups in total. The summed E-state index contributed by atoms with van der Waals surface area (Å²) >= 11 is 0. The summed E-state index contributed by atoms with van der Waals surface area (Å²) < 4.78 is 10.8. The summed E-state index contributed by atoms with van der Waals surface area (Å²) in [5.74, 6) is 2.11. The molecule has 7 heteroatoms. The first kappa shape index (κ1) is 20.4. The molecule has 0 saturated heterocycles. The van der Waals surface area contributed by atoms with E-state index in [1.165, 1.54) is 5.56 Å². The number of guanidine groups is 1. The minimum atomic E-state index is 0. The van der Waals surface area contributed by atoms with Crippen LogP contribution in [0.3, 0.4) is 0 Å². The summed E-state index contributed by atoms with van der Waals surface area (Å²) in [6.45, 7) is 4.07. The maximum atomic E-state index is 5.77. The molecule has 0 aliphatic carbocycles. The number of nitrogens with one attached hydrogen (secondary N) is 2. The predicted octanol–water partition coefficient (Wildman–Crippen LogP) is 2.97. The van der Waals surface area contributed by atoms with Crippen LogP contribution in [0.5, 0.6) is 0 Å². The van der Waals surface area contributed by atoms with Crippen molar-refractivity contribution in [1.82, 2.24) is 15.6 Å². The average Bonchev–Trinajstić information content (AvgIpc) is 3.04. The van der Waals surface area contributed by atoms with Gasteiger partial charge < -0.3 is 19.8 Å². The van der Waals surface area contributed by atoms with Crippen LogP contribution in [0, 0.1) is 6.92 Å². The van der Waals surface area contributed by atoms with Crippen molar-refractivity contribution in [3.05, 3.63) is 41.9 Å². The number of benzene rings is 1. The van der Waals surface area contributed by atoms with E-state index >= 15 is 0 Å². The molecular weight excluding hydrogens is 419 g/mol. The van der Waals surface area contributed by atoms with Crippen LogP contribution in [0.15, 0.2) is 39.9 Å². The molecule has 0 amide bonds. The maximum Gasteiger partial charge on any atom is 0.214 e. The number of aryl methyl sites for hydroxylation is 1. The summed E-state index contributed by atoms with van der Waals surface area (Å²) in [6, 6.07) is 8.18. The fourth-order valence-electron chi connectivity index (χ4n) is 2.05. The first-order chi connectivity index (χ1) is 11.2. The van der Waals surface area contributed by atoms with Crippen LogP contribution in [0.25, 0.3) is 11.3 Å². The van der Waals surface area contributed by atoms with Crippen molar-refractivity contribution >= 4 is 29.9 Å². The molecule has 1 aromatic heterocycles. The van der Waals surface area contributed by atoms with Gasteiger partial charge in [-0.1, -0.05) is 29.8 Å². The van der Waals surface area contributed by atoms with E-state index in [2.05, 4.69) is 39.7 Å². The van der Waals surface area contributed by atoms with Gasteiger partial charge in [0.2, 0.25) is 5.89 Å². The number of nitrogens with zero attached hydrogens (tertiary/aromatic N) is 2. The molecule has 2 aromatic rings. The minimum absolute atomic E-state index is 0. The van der Waals surface area contributed by atoms with Crippen molar-refractivity contribution in [1.29, 1.82) is 0 Å². The van der Waals surface area contributed by atoms with Crippen molar-refractivity contribution in [3.63, 3.8) is 0 Å². The molecule has 0 unspecified atom stereocenters. The number of aromatic nitrogens is 1. The Hall–Kier alpha value is -1.61. The highest BCUT2D eigenvalue weighted by Gasteiger charge is 2.07. The number of hydrogen-bond acceptors (Lipinski definition) is 4. The third-order valence-electron chi connectivity index (χ3n) is 3.34. The first-order valence-corrected chi connectivity index (χ1v) is 7.68. The van der Waals surface area contributed by atoms with Gasteiger partial charge in [0, 0.05) is 32.9 Å². The summed E-state index contributed by atoms with van der Waals surface area (Å²) in [5.41, 5.74) is 2.25. The van der Waals surface area contributed by atoms with Gasteiger partial charge in [0.05, 0.1) is 12.7 Å². The Morgan fingerprint density at radius 2 is 2.00 bits per heavy atom. The van der Waals surface area contributed by atoms with E-state index < -0.39 is 0 Å². The summed E-state index contributed by atoms with van der Waals surface area (Å²) in [5, 5.41) is 6.39. The number of aliphatic imine (C=N–C) groups is 1. The van der Waals surface area contributed by atoms with E-state index in [9.17, 15) is 0 Å². The molecule has 0 fully saturated rings. The Morgan fingerprint density at radius 1 is 1.25 bits per heavy atom. The first-order valence-electron chi connectivity index (χ1n) is 7.68. The van der Waals surface area contributed by atoms with Gasteiger partial charge in [0.1, 0.15) is 0 Å². The molecule has 2 rings (SSSR count). The predicted molar refractivity (Wildman–Crippen MR) is 107 cm³/mol. The summed E-state index contributed by atoms with van der Waals surface area (Å²) in [7, 11) is 3.43. The number of rotatable bonds is 7. The largest absolute Gasteiger partial charge is 0.439 e. The maximum absolute atomic E-state index is 5.77. The van der Waals surface area contributed by atoms with Gasteiger partial charge in [-0.15, -0.1) is 24.0 Å². The molecule has 132 valence electrons. The molecule has 1 aromatic carbocycles. The number of halogens is 1. The highest BCUT2D eigenvalue weighted by Crippen LogP contribution is 2.20. The highest BCUT2D eigenvalue weighted by molar-refractivity contribution is 14.0. The van der Waals surface area contributed by atoms with Crippen LogP contribution in [-0.2, 0) is 11.3 Å². The summed E-state index contributed by atoms with van der Waals surface area (Å²) in [4.78, 5) is 8.46. The molecule has 0 saturated carbocycles. The van der Waals surface area contributed by atoms with Crippen molar-refractivity contribution in [3.8, 4) is 11.3 Å². The monoisotopic (exact) mass is 444 g/mol. The average molecular weight is 444 g/mol. The number of methoxy groups -OCH3 is 1. The quantitative estimate of drug-likeness (QED) is 0.298. The van der Waals surface area contributed by atoms with E-state index in [0.29, 0.717) is 12.4 Å². The van der Waals surface area contributed by atoms with Gasteiger partial charge in [-0.2, -0.15) is 0 Å². The van der Waals surface area contributed by atoms with Gasteiger partial charge >= 0.3 is 0 Å². The lowest BCUT2D eigenvalue weighted by atomic mass is 10.1. The standard InChI is InChI=1S/C17H24N4O2.HI/c1-13-5-7-14(8-6-13)15-11-20-16(23-15)12-21-17(18-2)19-9-4-10-22-3;/h5-8,11H,4,9-10,12H2,1-3H3,(H2,18,19,21);1H. The van der Waals surface area contributed by atoms with E-state index in [1.54, 1.807) is 20.4 Å². The topological polar surface area (TPSA) is 71.7 Å². The van der Waals surface area contributed by atoms with Gasteiger partial charge in [0.25, 0.3) is 0 Å². The van der Waals surface area contributed by atoms with Gasteiger partial charge in [-0.25, -0.2) is 4.98 Å². The van der Waals surface area contributed by atoms with E-state index in [0.717, 1.165) is 36.9 Å². The zero-order valence-electron chi connectivity index (χ0n) is 14.3. The van der Waals surface area contributed by atoms with Gasteiger partial charge in [-0.3, -0.25) is 4.99 Å². The second-order valence-corrected chi connectivity index (χ2v) is 5.18. The SMILES string of the molecule is CN=C(NCCCOC)NCc1ncc(-c2ccc(C)cc2)o1.I. The number of hydrogen-bond donors (Lipinski definition) is 2. The van der Waals surface area contributed by atoms with Crippen molar-refractivity contribution in [2.75, 3.05) is 27.3 Å². The van der Waals surface area contributed by atoms with Crippen LogP contribution in [-0.4, -0.2) is 38.3 Å². The third-order valence-corrected chi connectivity index (χ3v) is 3.34. The van der Waals surface area contributed by atoms with Gasteiger partial charge in [0.15, 0.2) is 11.7 Å². The Kier molecular flexibility index (Phi) is 9.39. The fourth-order valence-corrected chi connectivity index (χ4v) is 2.05. The minimum Gasteiger partial charge on any atom is -0.439 e.